The van der Waals surface area contributed by atoms with Gasteiger partial charge in [0.2, 0.25) is 5.91 Å². The smallest absolute Gasteiger partial charge is 0.227 e. The molecule has 0 aliphatic carbocycles. The maximum atomic E-state index is 11.8. The van der Waals surface area contributed by atoms with E-state index in [1.807, 2.05) is 42.5 Å². The fourth-order valence-corrected chi connectivity index (χ4v) is 1.69. The third-order valence-electron chi connectivity index (χ3n) is 2.65. The lowest BCUT2D eigenvalue weighted by Gasteiger charge is -2.07. The highest BCUT2D eigenvalue weighted by atomic mass is 16.5. The summed E-state index contributed by atoms with van der Waals surface area (Å²) in [5.74, 6) is 3.19. The SMILES string of the molecule is C#Cc1cccc(NC(=O)CCOc2ccccc2)c1. The van der Waals surface area contributed by atoms with E-state index in [0.29, 0.717) is 12.3 Å². The Morgan fingerprint density at radius 1 is 1.15 bits per heavy atom. The number of para-hydroxylation sites is 1. The van der Waals surface area contributed by atoms with Gasteiger partial charge in [0, 0.05) is 11.3 Å². The summed E-state index contributed by atoms with van der Waals surface area (Å²) in [6, 6.07) is 16.6. The minimum absolute atomic E-state index is 0.102. The summed E-state index contributed by atoms with van der Waals surface area (Å²) < 4.78 is 5.47. The number of hydrogen-bond donors (Lipinski definition) is 1. The minimum Gasteiger partial charge on any atom is -0.493 e. The largest absolute Gasteiger partial charge is 0.493 e. The molecule has 3 heteroatoms. The second-order valence-corrected chi connectivity index (χ2v) is 4.18. The van der Waals surface area contributed by atoms with Crippen molar-refractivity contribution in [3.05, 3.63) is 60.2 Å². The second kappa shape index (κ2) is 7.01. The van der Waals surface area contributed by atoms with Gasteiger partial charge in [-0.3, -0.25) is 4.79 Å². The first-order valence-electron chi connectivity index (χ1n) is 6.32. The number of carbonyl (C=O) groups excluding carboxylic acids is 1. The molecular weight excluding hydrogens is 250 g/mol. The zero-order chi connectivity index (χ0) is 14.2. The first-order valence-corrected chi connectivity index (χ1v) is 6.32. The van der Waals surface area contributed by atoms with Crippen LogP contribution >= 0.6 is 0 Å². The molecule has 0 unspecified atom stereocenters. The predicted molar refractivity (Wildman–Crippen MR) is 79.6 cm³/mol. The summed E-state index contributed by atoms with van der Waals surface area (Å²) in [5, 5.41) is 2.79. The number of anilines is 1. The molecule has 0 aliphatic rings. The molecule has 0 saturated carbocycles. The molecule has 0 heterocycles. The summed E-state index contributed by atoms with van der Waals surface area (Å²) in [7, 11) is 0. The van der Waals surface area contributed by atoms with E-state index in [0.717, 1.165) is 11.3 Å². The van der Waals surface area contributed by atoms with Crippen molar-refractivity contribution in [2.45, 2.75) is 6.42 Å². The Hall–Kier alpha value is -2.73. The Morgan fingerprint density at radius 3 is 2.70 bits per heavy atom. The van der Waals surface area contributed by atoms with Crippen molar-refractivity contribution < 1.29 is 9.53 Å². The molecule has 0 aliphatic heterocycles. The van der Waals surface area contributed by atoms with Crippen molar-refractivity contribution in [1.82, 2.24) is 0 Å². The van der Waals surface area contributed by atoms with Crippen LogP contribution in [-0.2, 0) is 4.79 Å². The van der Waals surface area contributed by atoms with Gasteiger partial charge in [-0.15, -0.1) is 6.42 Å². The van der Waals surface area contributed by atoms with Crippen molar-refractivity contribution in [2.24, 2.45) is 0 Å². The Labute approximate surface area is 118 Å². The molecule has 0 atom stereocenters. The first kappa shape index (κ1) is 13.7. The van der Waals surface area contributed by atoms with E-state index in [1.54, 1.807) is 12.1 Å². The number of benzene rings is 2. The highest BCUT2D eigenvalue weighted by molar-refractivity contribution is 5.90. The minimum atomic E-state index is -0.102. The monoisotopic (exact) mass is 265 g/mol. The van der Waals surface area contributed by atoms with E-state index in [-0.39, 0.29) is 12.3 Å². The van der Waals surface area contributed by atoms with Gasteiger partial charge in [0.15, 0.2) is 0 Å². The van der Waals surface area contributed by atoms with Crippen LogP contribution in [0.25, 0.3) is 0 Å². The van der Waals surface area contributed by atoms with E-state index < -0.39 is 0 Å². The maximum Gasteiger partial charge on any atom is 0.227 e. The number of nitrogens with one attached hydrogen (secondary N) is 1. The van der Waals surface area contributed by atoms with Gasteiger partial charge in [-0.25, -0.2) is 0 Å². The number of carbonyl (C=O) groups is 1. The molecule has 0 radical (unpaired) electrons. The van der Waals surface area contributed by atoms with Crippen LogP contribution in [0.4, 0.5) is 5.69 Å². The van der Waals surface area contributed by atoms with Gasteiger partial charge in [0.25, 0.3) is 0 Å². The Kier molecular flexibility index (Phi) is 4.80. The van der Waals surface area contributed by atoms with E-state index in [1.165, 1.54) is 0 Å². The molecule has 1 N–H and O–H groups in total. The van der Waals surface area contributed by atoms with E-state index in [2.05, 4.69) is 11.2 Å². The number of rotatable bonds is 5. The molecule has 2 aromatic carbocycles. The molecule has 0 aromatic heterocycles. The van der Waals surface area contributed by atoms with Crippen molar-refractivity contribution in [3.63, 3.8) is 0 Å². The fraction of sp³-hybridized carbons (Fsp3) is 0.118. The third-order valence-corrected chi connectivity index (χ3v) is 2.65. The average Bonchev–Trinajstić information content (AvgIpc) is 2.48. The average molecular weight is 265 g/mol. The Bertz CT molecular complexity index is 614. The van der Waals surface area contributed by atoms with Crippen LogP contribution in [-0.4, -0.2) is 12.5 Å². The van der Waals surface area contributed by atoms with Crippen LogP contribution in [0.2, 0.25) is 0 Å². The van der Waals surface area contributed by atoms with Crippen LogP contribution in [0.15, 0.2) is 54.6 Å². The fourth-order valence-electron chi connectivity index (χ4n) is 1.69. The van der Waals surface area contributed by atoms with Crippen molar-refractivity contribution in [2.75, 3.05) is 11.9 Å². The maximum absolute atomic E-state index is 11.8. The van der Waals surface area contributed by atoms with Gasteiger partial charge < -0.3 is 10.1 Å². The van der Waals surface area contributed by atoms with Crippen molar-refractivity contribution in [1.29, 1.82) is 0 Å². The quantitative estimate of drug-likeness (QED) is 0.844. The molecule has 20 heavy (non-hydrogen) atoms. The van der Waals surface area contributed by atoms with Crippen molar-refractivity contribution >= 4 is 11.6 Å². The van der Waals surface area contributed by atoms with E-state index in [9.17, 15) is 4.79 Å². The number of amides is 1. The molecule has 100 valence electrons. The highest BCUT2D eigenvalue weighted by Crippen LogP contribution is 2.11. The van der Waals surface area contributed by atoms with Gasteiger partial charge in [-0.05, 0) is 30.3 Å². The second-order valence-electron chi connectivity index (χ2n) is 4.18. The normalized spacial score (nSPS) is 9.55. The summed E-state index contributed by atoms with van der Waals surface area (Å²) in [6.45, 7) is 0.338. The molecule has 2 aromatic rings. The third kappa shape index (κ3) is 4.18. The number of ether oxygens (including phenoxy) is 1. The van der Waals surface area contributed by atoms with Crippen LogP contribution in [0.1, 0.15) is 12.0 Å². The summed E-state index contributed by atoms with van der Waals surface area (Å²) >= 11 is 0. The first-order chi connectivity index (χ1) is 9.78. The molecule has 0 spiro atoms. The van der Waals surface area contributed by atoms with Crippen LogP contribution in [0, 0.1) is 12.3 Å². The lowest BCUT2D eigenvalue weighted by Crippen LogP contribution is -2.15. The summed E-state index contributed by atoms with van der Waals surface area (Å²) in [6.07, 6.45) is 5.60. The zero-order valence-corrected chi connectivity index (χ0v) is 11.0. The van der Waals surface area contributed by atoms with Crippen molar-refractivity contribution in [3.8, 4) is 18.1 Å². The lowest BCUT2D eigenvalue weighted by atomic mass is 10.2. The number of hydrogen-bond acceptors (Lipinski definition) is 2. The predicted octanol–water partition coefficient (Wildman–Crippen LogP) is 3.08. The summed E-state index contributed by atoms with van der Waals surface area (Å²) in [5.41, 5.74) is 1.44. The van der Waals surface area contributed by atoms with E-state index in [4.69, 9.17) is 11.2 Å². The Morgan fingerprint density at radius 2 is 1.95 bits per heavy atom. The lowest BCUT2D eigenvalue weighted by molar-refractivity contribution is -0.116. The molecule has 0 saturated heterocycles. The summed E-state index contributed by atoms with van der Waals surface area (Å²) in [4.78, 5) is 11.8. The molecule has 0 fully saturated rings. The highest BCUT2D eigenvalue weighted by Gasteiger charge is 2.03. The van der Waals surface area contributed by atoms with Gasteiger partial charge >= 0.3 is 0 Å². The van der Waals surface area contributed by atoms with E-state index >= 15 is 0 Å². The van der Waals surface area contributed by atoms with Crippen LogP contribution in [0.5, 0.6) is 5.75 Å². The Balaban J connectivity index is 1.79. The number of terminal acetylenes is 1. The molecular formula is C17H15NO2. The standard InChI is InChI=1S/C17H15NO2/c1-2-14-7-6-8-15(13-14)18-17(19)11-12-20-16-9-4-3-5-10-16/h1,3-10,13H,11-12H2,(H,18,19). The topological polar surface area (TPSA) is 38.3 Å². The molecule has 3 nitrogen and oxygen atoms in total. The molecule has 0 bridgehead atoms. The molecule has 2 rings (SSSR count). The van der Waals surface area contributed by atoms with Crippen LogP contribution in [0.3, 0.4) is 0 Å². The van der Waals surface area contributed by atoms with Gasteiger partial charge in [-0.1, -0.05) is 30.2 Å². The zero-order valence-electron chi connectivity index (χ0n) is 11.0. The van der Waals surface area contributed by atoms with Gasteiger partial charge in [0.05, 0.1) is 13.0 Å². The van der Waals surface area contributed by atoms with Gasteiger partial charge in [-0.2, -0.15) is 0 Å². The molecule has 1 amide bonds. The van der Waals surface area contributed by atoms with Gasteiger partial charge in [0.1, 0.15) is 5.75 Å². The van der Waals surface area contributed by atoms with Crippen LogP contribution < -0.4 is 10.1 Å².